The van der Waals surface area contributed by atoms with E-state index in [2.05, 4.69) is 38.7 Å². The second-order valence-electron chi connectivity index (χ2n) is 13.2. The lowest BCUT2D eigenvalue weighted by Gasteiger charge is -2.58. The van der Waals surface area contributed by atoms with Crippen molar-refractivity contribution < 1.29 is 9.84 Å². The smallest absolute Gasteiger partial charge is 0.0996 e. The highest BCUT2D eigenvalue weighted by atomic mass is 16.5. The summed E-state index contributed by atoms with van der Waals surface area (Å²) < 4.78 is 6.78. The van der Waals surface area contributed by atoms with Gasteiger partial charge in [0.2, 0.25) is 0 Å². The standard InChI is InChI=1S/C28H45NO2/c1-17-5-8-24-18(2)26-25(31-16-29(24)15-17)14-23-21-7-6-19-13-20(30)9-11-27(19,3)22(21)10-12-28(23,26)4/h6,17-18,20-26,30H,5,7-16H2,1-4H3/t17-,18+,20-,21+,22+,23-,24+,25-,26-,27-,28-/m0/s1. The number of fused-ring (bicyclic) bond motifs is 8. The van der Waals surface area contributed by atoms with E-state index in [0.29, 0.717) is 16.9 Å². The lowest BCUT2D eigenvalue weighted by atomic mass is 9.47. The van der Waals surface area contributed by atoms with Crippen molar-refractivity contribution in [2.75, 3.05) is 13.3 Å². The van der Waals surface area contributed by atoms with Crippen LogP contribution in [-0.2, 0) is 4.74 Å². The van der Waals surface area contributed by atoms with Crippen molar-refractivity contribution in [2.24, 2.45) is 46.3 Å². The van der Waals surface area contributed by atoms with E-state index in [0.717, 1.165) is 61.1 Å². The number of ether oxygens (including phenoxy) is 1. The molecule has 2 saturated heterocycles. The van der Waals surface area contributed by atoms with Gasteiger partial charge >= 0.3 is 0 Å². The largest absolute Gasteiger partial charge is 0.393 e. The zero-order valence-electron chi connectivity index (χ0n) is 20.4. The second-order valence-corrected chi connectivity index (χ2v) is 13.2. The van der Waals surface area contributed by atoms with Crippen molar-refractivity contribution in [2.45, 2.75) is 104 Å². The van der Waals surface area contributed by atoms with Crippen molar-refractivity contribution in [1.82, 2.24) is 4.90 Å². The van der Waals surface area contributed by atoms with Gasteiger partial charge in [0.1, 0.15) is 0 Å². The molecule has 0 amide bonds. The number of aliphatic hydroxyl groups excluding tert-OH is 1. The van der Waals surface area contributed by atoms with Crippen LogP contribution in [-0.4, -0.2) is 41.5 Å². The Balaban J connectivity index is 1.30. The Morgan fingerprint density at radius 3 is 2.74 bits per heavy atom. The SMILES string of the molecule is C[C@H]1CC[C@@H]2[C@@H](C)[C@H]3[C@H](C[C@H]4[C@@H]5CC=C6C[C@@H](O)CC[C@]6(C)[C@@H]5CC[C@]34C)OCN2C1. The molecule has 0 bridgehead atoms. The zero-order chi connectivity index (χ0) is 21.5. The van der Waals surface area contributed by atoms with Gasteiger partial charge in [0.15, 0.2) is 0 Å². The summed E-state index contributed by atoms with van der Waals surface area (Å²) in [5, 5.41) is 10.3. The highest BCUT2D eigenvalue weighted by molar-refractivity contribution is 5.26. The predicted octanol–water partition coefficient (Wildman–Crippen LogP) is 5.63. The van der Waals surface area contributed by atoms with E-state index in [4.69, 9.17) is 4.74 Å². The number of hydrogen-bond acceptors (Lipinski definition) is 3. The highest BCUT2D eigenvalue weighted by Gasteiger charge is 2.63. The lowest BCUT2D eigenvalue weighted by Crippen LogP contribution is -2.53. The number of aliphatic hydroxyl groups is 1. The third kappa shape index (κ3) is 3.01. The van der Waals surface area contributed by atoms with Crippen molar-refractivity contribution in [3.8, 4) is 0 Å². The van der Waals surface area contributed by atoms with E-state index in [1.54, 1.807) is 5.57 Å². The summed E-state index contributed by atoms with van der Waals surface area (Å²) in [4.78, 5) is 2.70. The average Bonchev–Trinajstić information content (AvgIpc) is 2.96. The first kappa shape index (κ1) is 21.2. The fourth-order valence-electron chi connectivity index (χ4n) is 10.2. The van der Waals surface area contributed by atoms with Gasteiger partial charge in [0, 0.05) is 12.6 Å². The van der Waals surface area contributed by atoms with Crippen molar-refractivity contribution in [1.29, 1.82) is 0 Å². The van der Waals surface area contributed by atoms with Crippen LogP contribution in [0.2, 0.25) is 0 Å². The lowest BCUT2D eigenvalue weighted by molar-refractivity contribution is -0.0644. The fraction of sp³-hybridized carbons (Fsp3) is 0.929. The molecule has 6 rings (SSSR count). The highest BCUT2D eigenvalue weighted by Crippen LogP contribution is 2.68. The van der Waals surface area contributed by atoms with Gasteiger partial charge in [0.05, 0.1) is 18.9 Å². The maximum absolute atomic E-state index is 10.3. The average molecular weight is 428 g/mol. The van der Waals surface area contributed by atoms with Crippen LogP contribution in [0.3, 0.4) is 0 Å². The molecule has 2 heterocycles. The minimum Gasteiger partial charge on any atom is -0.393 e. The minimum absolute atomic E-state index is 0.0989. The summed E-state index contributed by atoms with van der Waals surface area (Å²) >= 11 is 0. The number of hydrogen-bond donors (Lipinski definition) is 1. The van der Waals surface area contributed by atoms with Crippen LogP contribution in [0.5, 0.6) is 0 Å². The predicted molar refractivity (Wildman–Crippen MR) is 124 cm³/mol. The van der Waals surface area contributed by atoms with Gasteiger partial charge in [0.25, 0.3) is 0 Å². The van der Waals surface area contributed by atoms with Gasteiger partial charge in [-0.2, -0.15) is 0 Å². The molecule has 31 heavy (non-hydrogen) atoms. The molecule has 2 aliphatic heterocycles. The molecular formula is C28H45NO2. The Kier molecular flexibility index (Phi) is 4.99. The van der Waals surface area contributed by atoms with Crippen molar-refractivity contribution >= 4 is 0 Å². The van der Waals surface area contributed by atoms with Crippen molar-refractivity contribution in [3.05, 3.63) is 11.6 Å². The van der Waals surface area contributed by atoms with Crippen LogP contribution in [0.15, 0.2) is 11.6 Å². The summed E-state index contributed by atoms with van der Waals surface area (Å²) in [5.74, 6) is 4.77. The van der Waals surface area contributed by atoms with Crippen LogP contribution in [0.1, 0.15) is 85.5 Å². The van der Waals surface area contributed by atoms with E-state index in [1.165, 1.54) is 51.5 Å². The molecule has 11 atom stereocenters. The Bertz CT molecular complexity index is 749. The Morgan fingerprint density at radius 1 is 1.06 bits per heavy atom. The quantitative estimate of drug-likeness (QED) is 0.509. The molecule has 0 unspecified atom stereocenters. The summed E-state index contributed by atoms with van der Waals surface area (Å²) in [6, 6.07) is 0.731. The molecule has 4 aliphatic carbocycles. The molecule has 0 radical (unpaired) electrons. The molecule has 6 aliphatic rings. The Labute approximate surface area is 190 Å². The first-order valence-corrected chi connectivity index (χ1v) is 13.5. The number of piperidine rings is 1. The minimum atomic E-state index is -0.0989. The van der Waals surface area contributed by atoms with Gasteiger partial charge in [-0.15, -0.1) is 0 Å². The van der Waals surface area contributed by atoms with Gasteiger partial charge < -0.3 is 9.84 Å². The second kappa shape index (κ2) is 7.31. The van der Waals surface area contributed by atoms with E-state index in [1.807, 2.05) is 0 Å². The topological polar surface area (TPSA) is 32.7 Å². The van der Waals surface area contributed by atoms with Gasteiger partial charge in [-0.25, -0.2) is 0 Å². The van der Waals surface area contributed by atoms with Gasteiger partial charge in [-0.05, 0) is 104 Å². The van der Waals surface area contributed by atoms with E-state index in [-0.39, 0.29) is 6.10 Å². The molecule has 5 fully saturated rings. The summed E-state index contributed by atoms with van der Waals surface area (Å²) in [6.45, 7) is 12.3. The molecular weight excluding hydrogens is 382 g/mol. The van der Waals surface area contributed by atoms with Crippen LogP contribution >= 0.6 is 0 Å². The molecule has 174 valence electrons. The third-order valence-electron chi connectivity index (χ3n) is 11.8. The zero-order valence-corrected chi connectivity index (χ0v) is 20.4. The monoisotopic (exact) mass is 427 g/mol. The molecule has 3 saturated carbocycles. The van der Waals surface area contributed by atoms with E-state index >= 15 is 0 Å². The molecule has 3 heteroatoms. The first-order valence-electron chi connectivity index (χ1n) is 13.5. The fourth-order valence-corrected chi connectivity index (χ4v) is 10.2. The van der Waals surface area contributed by atoms with Crippen molar-refractivity contribution in [3.63, 3.8) is 0 Å². The van der Waals surface area contributed by atoms with Gasteiger partial charge in [-0.3, -0.25) is 4.90 Å². The van der Waals surface area contributed by atoms with E-state index in [9.17, 15) is 5.11 Å². The normalized spacial score (nSPS) is 56.9. The molecule has 0 spiro atoms. The summed E-state index contributed by atoms with van der Waals surface area (Å²) in [7, 11) is 0. The van der Waals surface area contributed by atoms with E-state index < -0.39 is 0 Å². The molecule has 0 aromatic heterocycles. The Hall–Kier alpha value is -0.380. The summed E-state index contributed by atoms with van der Waals surface area (Å²) in [6.07, 6.45) is 14.2. The van der Waals surface area contributed by atoms with Crippen LogP contribution < -0.4 is 0 Å². The third-order valence-corrected chi connectivity index (χ3v) is 11.8. The molecule has 0 aromatic carbocycles. The molecule has 3 nitrogen and oxygen atoms in total. The van der Waals surface area contributed by atoms with Crippen LogP contribution in [0, 0.1) is 46.3 Å². The van der Waals surface area contributed by atoms with Crippen LogP contribution in [0.25, 0.3) is 0 Å². The number of allylic oxidation sites excluding steroid dienone is 1. The van der Waals surface area contributed by atoms with Crippen LogP contribution in [0.4, 0.5) is 0 Å². The number of nitrogens with zero attached hydrogens (tertiary/aromatic N) is 1. The van der Waals surface area contributed by atoms with Gasteiger partial charge in [-0.1, -0.05) is 39.3 Å². The maximum Gasteiger partial charge on any atom is 0.0996 e. The number of rotatable bonds is 0. The maximum atomic E-state index is 10.3. The first-order chi connectivity index (χ1) is 14.8. The molecule has 1 N–H and O–H groups in total. The molecule has 0 aromatic rings. The Morgan fingerprint density at radius 2 is 1.90 bits per heavy atom. The summed E-state index contributed by atoms with van der Waals surface area (Å²) in [5.41, 5.74) is 2.39.